The minimum absolute atomic E-state index is 0.422. The average molecular weight is 356 g/mol. The Labute approximate surface area is 117 Å². The number of alkyl halides is 1. The monoisotopic (exact) mass is 356 g/mol. The molecule has 0 rings (SSSR count). The summed E-state index contributed by atoms with van der Waals surface area (Å²) >= 11 is 2.54. The summed E-state index contributed by atoms with van der Waals surface area (Å²) in [5, 5.41) is 0. The van der Waals surface area contributed by atoms with Crippen molar-refractivity contribution < 1.29 is 4.43 Å². The molecule has 0 saturated heterocycles. The first-order valence-corrected chi connectivity index (χ1v) is 10.3. The molecule has 0 heterocycles. The van der Waals surface area contributed by atoms with E-state index in [2.05, 4.69) is 71.1 Å². The highest BCUT2D eigenvalue weighted by atomic mass is 127. The molecule has 1 nitrogen and oxygen atoms in total. The zero-order valence-corrected chi connectivity index (χ0v) is 15.2. The summed E-state index contributed by atoms with van der Waals surface area (Å²) in [4.78, 5) is 0. The molecule has 0 aliphatic carbocycles. The predicted octanol–water partition coefficient (Wildman–Crippen LogP) is 5.18. The van der Waals surface area contributed by atoms with Gasteiger partial charge in [0, 0.05) is 10.2 Å². The van der Waals surface area contributed by atoms with E-state index < -0.39 is 8.32 Å². The van der Waals surface area contributed by atoms with Crippen molar-refractivity contribution in [3.8, 4) is 0 Å². The Morgan fingerprint density at radius 1 is 0.938 bits per heavy atom. The average Bonchev–Trinajstić information content (AvgIpc) is 2.11. The Hall–Kier alpha value is 0.907. The van der Waals surface area contributed by atoms with E-state index in [1.165, 1.54) is 10.5 Å². The van der Waals surface area contributed by atoms with Crippen molar-refractivity contribution >= 4 is 30.9 Å². The molecule has 0 radical (unpaired) electrons. The second-order valence-corrected chi connectivity index (χ2v) is 13.0. The number of halogens is 1. The SMILES string of the molecule is CC(C)CC(C)O[Si](CI)(C(C)C)C(C)C. The fraction of sp³-hybridized carbons (Fsp3) is 1.00. The van der Waals surface area contributed by atoms with Gasteiger partial charge in [-0.05, 0) is 30.3 Å². The van der Waals surface area contributed by atoms with E-state index in [-0.39, 0.29) is 0 Å². The summed E-state index contributed by atoms with van der Waals surface area (Å²) in [6.07, 6.45) is 1.61. The lowest BCUT2D eigenvalue weighted by molar-refractivity contribution is 0.173. The van der Waals surface area contributed by atoms with E-state index in [9.17, 15) is 0 Å². The van der Waals surface area contributed by atoms with E-state index in [0.29, 0.717) is 17.2 Å². The third kappa shape index (κ3) is 4.65. The van der Waals surface area contributed by atoms with Crippen molar-refractivity contribution in [2.45, 2.75) is 72.1 Å². The quantitative estimate of drug-likeness (QED) is 0.347. The van der Waals surface area contributed by atoms with Crippen LogP contribution in [0.2, 0.25) is 11.1 Å². The molecule has 0 aromatic carbocycles. The molecule has 0 aromatic rings. The van der Waals surface area contributed by atoms with Gasteiger partial charge in [-0.2, -0.15) is 0 Å². The summed E-state index contributed by atoms with van der Waals surface area (Å²) in [5.41, 5.74) is 1.41. The van der Waals surface area contributed by atoms with Gasteiger partial charge in [-0.25, -0.2) is 0 Å². The van der Waals surface area contributed by atoms with E-state index in [1.807, 2.05) is 0 Å². The van der Waals surface area contributed by atoms with Crippen LogP contribution in [0.25, 0.3) is 0 Å². The maximum Gasteiger partial charge on any atom is 0.207 e. The maximum atomic E-state index is 6.55. The summed E-state index contributed by atoms with van der Waals surface area (Å²) in [6.45, 7) is 16.2. The lowest BCUT2D eigenvalue weighted by atomic mass is 10.1. The van der Waals surface area contributed by atoms with Gasteiger partial charge in [0.2, 0.25) is 8.32 Å². The second-order valence-electron chi connectivity index (χ2n) is 5.96. The standard InChI is InChI=1S/C13H29IOSi/c1-10(2)8-13(7)15-16(9-14,11(3)4)12(5)6/h10-13H,8-9H2,1-7H3. The maximum absolute atomic E-state index is 6.55. The van der Waals surface area contributed by atoms with Crippen LogP contribution < -0.4 is 0 Å². The molecule has 0 fully saturated rings. The Kier molecular flexibility index (Phi) is 7.78. The Morgan fingerprint density at radius 2 is 1.38 bits per heavy atom. The highest BCUT2D eigenvalue weighted by Gasteiger charge is 2.42. The highest BCUT2D eigenvalue weighted by molar-refractivity contribution is 14.1. The number of rotatable bonds is 7. The van der Waals surface area contributed by atoms with Crippen LogP contribution in [0.5, 0.6) is 0 Å². The Morgan fingerprint density at radius 3 is 1.62 bits per heavy atom. The minimum atomic E-state index is -1.57. The normalized spacial score (nSPS) is 15.2. The van der Waals surface area contributed by atoms with E-state index in [1.54, 1.807) is 0 Å². The summed E-state index contributed by atoms with van der Waals surface area (Å²) in [5.74, 6) is 0.732. The molecule has 0 saturated carbocycles. The van der Waals surface area contributed by atoms with Gasteiger partial charge >= 0.3 is 0 Å². The fourth-order valence-corrected chi connectivity index (χ4v) is 11.6. The van der Waals surface area contributed by atoms with Gasteiger partial charge < -0.3 is 4.43 Å². The van der Waals surface area contributed by atoms with Gasteiger partial charge in [-0.3, -0.25) is 0 Å². The third-order valence-electron chi connectivity index (χ3n) is 3.39. The van der Waals surface area contributed by atoms with Crippen molar-refractivity contribution in [1.82, 2.24) is 0 Å². The van der Waals surface area contributed by atoms with Crippen molar-refractivity contribution in [3.05, 3.63) is 0 Å². The van der Waals surface area contributed by atoms with Crippen molar-refractivity contribution in [1.29, 1.82) is 0 Å². The Bertz CT molecular complexity index is 184. The van der Waals surface area contributed by atoms with Crippen LogP contribution in [0.3, 0.4) is 0 Å². The van der Waals surface area contributed by atoms with Gasteiger partial charge in [0.05, 0.1) is 0 Å². The largest absolute Gasteiger partial charge is 0.413 e. The fourth-order valence-electron chi connectivity index (χ4n) is 2.37. The molecule has 3 heteroatoms. The highest BCUT2D eigenvalue weighted by Crippen LogP contribution is 2.36. The van der Waals surface area contributed by atoms with E-state index in [0.717, 1.165) is 5.92 Å². The molecule has 0 aromatic heterocycles. The van der Waals surface area contributed by atoms with Crippen LogP contribution in [-0.2, 0) is 4.43 Å². The Balaban J connectivity index is 4.66. The van der Waals surface area contributed by atoms with E-state index in [4.69, 9.17) is 4.43 Å². The first kappa shape index (κ1) is 16.9. The zero-order chi connectivity index (χ0) is 12.9. The van der Waals surface area contributed by atoms with Gasteiger partial charge in [0.1, 0.15) is 0 Å². The molecule has 0 amide bonds. The molecule has 16 heavy (non-hydrogen) atoms. The summed E-state index contributed by atoms with van der Waals surface area (Å²) < 4.78 is 7.76. The topological polar surface area (TPSA) is 9.23 Å². The van der Waals surface area contributed by atoms with Gasteiger partial charge in [-0.1, -0.05) is 64.1 Å². The van der Waals surface area contributed by atoms with Gasteiger partial charge in [0.15, 0.2) is 0 Å². The molecule has 0 bridgehead atoms. The van der Waals surface area contributed by atoms with Crippen LogP contribution in [0.4, 0.5) is 0 Å². The molecule has 1 unspecified atom stereocenters. The molecule has 0 aliphatic heterocycles. The number of hydrogen-bond donors (Lipinski definition) is 0. The van der Waals surface area contributed by atoms with Crippen LogP contribution in [0, 0.1) is 5.92 Å². The van der Waals surface area contributed by atoms with Crippen LogP contribution in [0.1, 0.15) is 54.9 Å². The first-order valence-electron chi connectivity index (χ1n) is 6.50. The molecule has 0 aliphatic rings. The number of hydrogen-bond acceptors (Lipinski definition) is 1. The van der Waals surface area contributed by atoms with E-state index >= 15 is 0 Å². The zero-order valence-electron chi connectivity index (χ0n) is 12.0. The van der Waals surface area contributed by atoms with Crippen molar-refractivity contribution in [2.75, 3.05) is 4.05 Å². The summed E-state index contributed by atoms with van der Waals surface area (Å²) in [6, 6.07) is 0. The lowest BCUT2D eigenvalue weighted by Crippen LogP contribution is -2.49. The smallest absolute Gasteiger partial charge is 0.207 e. The first-order chi connectivity index (χ1) is 7.26. The van der Waals surface area contributed by atoms with Crippen LogP contribution in [0.15, 0.2) is 0 Å². The molecular formula is C13H29IOSi. The van der Waals surface area contributed by atoms with Gasteiger partial charge in [-0.15, -0.1) is 0 Å². The molecule has 1 atom stereocenters. The second kappa shape index (κ2) is 7.37. The minimum Gasteiger partial charge on any atom is -0.413 e. The van der Waals surface area contributed by atoms with Crippen LogP contribution in [-0.4, -0.2) is 18.5 Å². The lowest BCUT2D eigenvalue weighted by Gasteiger charge is -2.40. The van der Waals surface area contributed by atoms with Crippen LogP contribution >= 0.6 is 22.6 Å². The molecule has 98 valence electrons. The molecule has 0 spiro atoms. The summed E-state index contributed by atoms with van der Waals surface area (Å²) in [7, 11) is -1.57. The molecule has 0 N–H and O–H groups in total. The molecular weight excluding hydrogens is 327 g/mol. The van der Waals surface area contributed by atoms with Crippen molar-refractivity contribution in [3.63, 3.8) is 0 Å². The predicted molar refractivity (Wildman–Crippen MR) is 84.8 cm³/mol. The van der Waals surface area contributed by atoms with Gasteiger partial charge in [0.25, 0.3) is 0 Å². The third-order valence-corrected chi connectivity index (χ3v) is 12.1. The van der Waals surface area contributed by atoms with Crippen molar-refractivity contribution in [2.24, 2.45) is 5.92 Å².